The van der Waals surface area contributed by atoms with Crippen molar-refractivity contribution in [1.29, 1.82) is 0 Å². The number of carbonyl (C=O) groups is 2. The van der Waals surface area contributed by atoms with Crippen molar-refractivity contribution in [2.75, 3.05) is 13.2 Å². The largest absolute Gasteiger partial charge is 0.461 e. The Morgan fingerprint density at radius 3 is 2.74 bits per heavy atom. The lowest BCUT2D eigenvalue weighted by Crippen LogP contribution is -2.48. The Kier molecular flexibility index (Phi) is 5.51. The first kappa shape index (κ1) is 18.0. The van der Waals surface area contributed by atoms with Gasteiger partial charge in [-0.05, 0) is 12.5 Å². The zero-order valence-electron chi connectivity index (χ0n) is 13.7. The van der Waals surface area contributed by atoms with E-state index < -0.39 is 14.0 Å². The highest BCUT2D eigenvalue weighted by atomic mass is 32.2. The summed E-state index contributed by atoms with van der Waals surface area (Å²) in [5.74, 6) is -0.550. The maximum absolute atomic E-state index is 12.4. The molecule has 128 valence electrons. The second kappa shape index (κ2) is 7.04. The number of hydrogen-bond acceptors (Lipinski definition) is 6. The molecule has 23 heavy (non-hydrogen) atoms. The van der Waals surface area contributed by atoms with Gasteiger partial charge < -0.3 is 4.74 Å². The monoisotopic (exact) mass is 358 g/mol. The van der Waals surface area contributed by atoms with Crippen LogP contribution in [-0.2, 0) is 14.3 Å². The zero-order chi connectivity index (χ0) is 17.2. The molecule has 0 aliphatic carbocycles. The van der Waals surface area contributed by atoms with Crippen LogP contribution < -0.4 is 0 Å². The van der Waals surface area contributed by atoms with Gasteiger partial charge in [0.05, 0.1) is 18.4 Å². The lowest BCUT2D eigenvalue weighted by Gasteiger charge is -2.34. The second-order valence-corrected chi connectivity index (χ2v) is 13.8. The van der Waals surface area contributed by atoms with Crippen molar-refractivity contribution < 1.29 is 19.2 Å². The van der Waals surface area contributed by atoms with E-state index >= 15 is 0 Å². The Hall–Kier alpha value is -1.35. The number of amides is 1. The van der Waals surface area contributed by atoms with Crippen LogP contribution in [-0.4, -0.2) is 48.3 Å². The first-order chi connectivity index (χ1) is 10.7. The average Bonchev–Trinajstić information content (AvgIpc) is 2.69. The Labute approximate surface area is 140 Å². The molecule has 1 fully saturated rings. The third-order valence-corrected chi connectivity index (χ3v) is 6.75. The molecule has 0 saturated carbocycles. The van der Waals surface area contributed by atoms with E-state index in [4.69, 9.17) is 4.74 Å². The lowest BCUT2D eigenvalue weighted by molar-refractivity contribution is -0.480. The van der Waals surface area contributed by atoms with Crippen LogP contribution in [0, 0.1) is 10.1 Å². The minimum atomic E-state index is -1.30. The third kappa shape index (κ3) is 4.57. The van der Waals surface area contributed by atoms with Crippen molar-refractivity contribution in [3.05, 3.63) is 20.7 Å². The van der Waals surface area contributed by atoms with Crippen molar-refractivity contribution >= 4 is 31.7 Å². The van der Waals surface area contributed by atoms with Crippen LogP contribution in [0.2, 0.25) is 25.7 Å². The number of fused-ring (bicyclic) bond motifs is 1. The minimum Gasteiger partial charge on any atom is -0.461 e. The number of hydrogen-bond donors (Lipinski definition) is 0. The summed E-state index contributed by atoms with van der Waals surface area (Å²) >= 11 is 1.46. The summed E-state index contributed by atoms with van der Waals surface area (Å²) in [5, 5.41) is 10.4. The number of allylic oxidation sites excluding steroid dienone is 1. The van der Waals surface area contributed by atoms with Crippen LogP contribution in [0.3, 0.4) is 0 Å². The molecule has 0 N–H and O–H groups in total. The van der Waals surface area contributed by atoms with Crippen molar-refractivity contribution in [3.63, 3.8) is 0 Å². The molecule has 0 aromatic heterocycles. The molecule has 2 heterocycles. The van der Waals surface area contributed by atoms with Crippen molar-refractivity contribution in [1.82, 2.24) is 4.90 Å². The number of nitrogens with zero attached hydrogens (tertiary/aromatic N) is 2. The van der Waals surface area contributed by atoms with E-state index in [1.165, 1.54) is 16.7 Å². The first-order valence-corrected chi connectivity index (χ1v) is 12.3. The molecule has 9 heteroatoms. The van der Waals surface area contributed by atoms with Crippen LogP contribution in [0.4, 0.5) is 0 Å². The second-order valence-electron chi connectivity index (χ2n) is 6.92. The molecule has 2 aliphatic heterocycles. The molecule has 0 aromatic rings. The van der Waals surface area contributed by atoms with E-state index in [1.807, 2.05) is 0 Å². The molecule has 2 aliphatic rings. The highest BCUT2D eigenvalue weighted by Gasteiger charge is 2.48. The average molecular weight is 358 g/mol. The normalized spacial score (nSPS) is 20.4. The third-order valence-electron chi connectivity index (χ3n) is 3.71. The quantitative estimate of drug-likeness (QED) is 0.218. The Bertz CT molecular complexity index is 558. The smallest absolute Gasteiger partial charge is 0.355 e. The zero-order valence-corrected chi connectivity index (χ0v) is 15.5. The number of rotatable bonds is 8. The van der Waals surface area contributed by atoms with Gasteiger partial charge in [0.25, 0.3) is 0 Å². The summed E-state index contributed by atoms with van der Waals surface area (Å²) in [7, 11) is -1.30. The van der Waals surface area contributed by atoms with Crippen LogP contribution in [0.25, 0.3) is 0 Å². The van der Waals surface area contributed by atoms with E-state index in [2.05, 4.69) is 19.6 Å². The van der Waals surface area contributed by atoms with Gasteiger partial charge in [-0.3, -0.25) is 19.8 Å². The minimum absolute atomic E-state index is 0.0346. The van der Waals surface area contributed by atoms with E-state index in [0.29, 0.717) is 31.6 Å². The molecule has 7 nitrogen and oxygen atoms in total. The van der Waals surface area contributed by atoms with Crippen LogP contribution in [0.1, 0.15) is 19.3 Å². The molecule has 1 atom stereocenters. The number of β-lactam (4-membered cyclic amide) rings is 1. The number of nitro groups is 1. The Balaban J connectivity index is 2.01. The molecule has 1 saturated heterocycles. The highest BCUT2D eigenvalue weighted by molar-refractivity contribution is 8.04. The SMILES string of the molecule is C[Si](C)(C)CCOC(=O)C1=C(CCC[N+](=O)[O-])S[C@H]2CC(=O)N12. The van der Waals surface area contributed by atoms with Crippen LogP contribution in [0.5, 0.6) is 0 Å². The summed E-state index contributed by atoms with van der Waals surface area (Å²) in [6.45, 7) is 6.81. The standard InChI is InChI=1S/C14H22N2O5SSi/c1-23(2,3)8-7-21-14(18)13-10(5-4-6-15(19)20)22-12-9-11(17)16(12)13/h12H,4-9H2,1-3H3/t12-/m0/s1. The maximum atomic E-state index is 12.4. The molecule has 1 amide bonds. The molecule has 0 radical (unpaired) electrons. The molecule has 0 unspecified atom stereocenters. The molecule has 0 bridgehead atoms. The molecule has 0 spiro atoms. The number of ether oxygens (including phenoxy) is 1. The number of carbonyl (C=O) groups excluding carboxylic acids is 2. The fraction of sp³-hybridized carbons (Fsp3) is 0.714. The molecular weight excluding hydrogens is 336 g/mol. The Morgan fingerprint density at radius 1 is 1.48 bits per heavy atom. The van der Waals surface area contributed by atoms with E-state index in [1.54, 1.807) is 0 Å². The van der Waals surface area contributed by atoms with Crippen molar-refractivity contribution in [2.24, 2.45) is 0 Å². The predicted molar refractivity (Wildman–Crippen MR) is 90.1 cm³/mol. The first-order valence-electron chi connectivity index (χ1n) is 7.70. The van der Waals surface area contributed by atoms with Gasteiger partial charge in [0.1, 0.15) is 5.70 Å². The van der Waals surface area contributed by atoms with Gasteiger partial charge in [-0.2, -0.15) is 0 Å². The van der Waals surface area contributed by atoms with Gasteiger partial charge in [-0.1, -0.05) is 19.6 Å². The summed E-state index contributed by atoms with van der Waals surface area (Å²) in [4.78, 5) is 36.4. The summed E-state index contributed by atoms with van der Waals surface area (Å²) in [6, 6.07) is 0.868. The van der Waals surface area contributed by atoms with Gasteiger partial charge in [0.2, 0.25) is 12.5 Å². The van der Waals surface area contributed by atoms with E-state index in [-0.39, 0.29) is 22.7 Å². The highest BCUT2D eigenvalue weighted by Crippen LogP contribution is 2.47. The summed E-state index contributed by atoms with van der Waals surface area (Å²) in [6.07, 6.45) is 1.20. The number of esters is 1. The van der Waals surface area contributed by atoms with Crippen molar-refractivity contribution in [3.8, 4) is 0 Å². The predicted octanol–water partition coefficient (Wildman–Crippen LogP) is 2.44. The van der Waals surface area contributed by atoms with Crippen molar-refractivity contribution in [2.45, 2.75) is 50.3 Å². The molecule has 2 rings (SSSR count). The maximum Gasteiger partial charge on any atom is 0.355 e. The fourth-order valence-electron chi connectivity index (χ4n) is 2.38. The van der Waals surface area contributed by atoms with Gasteiger partial charge in [-0.25, -0.2) is 4.79 Å². The van der Waals surface area contributed by atoms with Gasteiger partial charge in [-0.15, -0.1) is 11.8 Å². The summed E-state index contributed by atoms with van der Waals surface area (Å²) in [5.41, 5.74) is 0.315. The lowest BCUT2D eigenvalue weighted by atomic mass is 10.1. The van der Waals surface area contributed by atoms with Gasteiger partial charge >= 0.3 is 5.97 Å². The van der Waals surface area contributed by atoms with Gasteiger partial charge in [0.15, 0.2) is 0 Å². The summed E-state index contributed by atoms with van der Waals surface area (Å²) < 4.78 is 5.36. The number of thioether (sulfide) groups is 1. The molecule has 0 aromatic carbocycles. The Morgan fingerprint density at radius 2 is 2.17 bits per heavy atom. The van der Waals surface area contributed by atoms with Crippen LogP contribution >= 0.6 is 11.8 Å². The van der Waals surface area contributed by atoms with Crippen LogP contribution in [0.15, 0.2) is 10.6 Å². The topological polar surface area (TPSA) is 89.7 Å². The van der Waals surface area contributed by atoms with E-state index in [9.17, 15) is 19.7 Å². The van der Waals surface area contributed by atoms with Gasteiger partial charge in [0, 0.05) is 24.3 Å². The van der Waals surface area contributed by atoms with E-state index in [0.717, 1.165) is 10.9 Å². The fourth-order valence-corrected chi connectivity index (χ4v) is 4.53. The molecular formula is C14H22N2O5SSi.